The molecule has 0 bridgehead atoms. The van der Waals surface area contributed by atoms with Crippen molar-refractivity contribution in [3.8, 4) is 0 Å². The Kier molecular flexibility index (Phi) is 2.43. The summed E-state index contributed by atoms with van der Waals surface area (Å²) in [5, 5.41) is 3.59. The van der Waals surface area contributed by atoms with Crippen LogP contribution in [0.1, 0.15) is 18.1 Å². The minimum Gasteiger partial charge on any atom is -0.144 e. The van der Waals surface area contributed by atoms with Crippen LogP contribution in [0.25, 0.3) is 10.1 Å². The second-order valence-electron chi connectivity index (χ2n) is 3.15. The maximum Gasteiger partial charge on any atom is 0.0356 e. The Morgan fingerprint density at radius 1 is 1.46 bits per heavy atom. The first-order valence-electron chi connectivity index (χ1n) is 4.39. The molecule has 2 rings (SSSR count). The highest BCUT2D eigenvalue weighted by Crippen LogP contribution is 2.32. The van der Waals surface area contributed by atoms with Gasteiger partial charge in [-0.3, -0.25) is 0 Å². The predicted octanol–water partition coefficient (Wildman–Crippen LogP) is 4.53. The van der Waals surface area contributed by atoms with Gasteiger partial charge < -0.3 is 0 Å². The molecule has 13 heavy (non-hydrogen) atoms. The minimum atomic E-state index is 1.11. The fraction of sp³-hybridized carbons (Fsp3) is 0.273. The van der Waals surface area contributed by atoms with Crippen LogP contribution >= 0.6 is 27.3 Å². The van der Waals surface area contributed by atoms with Crippen LogP contribution in [0.15, 0.2) is 22.0 Å². The molecule has 0 atom stereocenters. The van der Waals surface area contributed by atoms with Crippen LogP contribution in [0.5, 0.6) is 0 Å². The van der Waals surface area contributed by atoms with Gasteiger partial charge in [0.05, 0.1) is 0 Å². The van der Waals surface area contributed by atoms with Crippen LogP contribution in [0, 0.1) is 6.92 Å². The molecule has 0 aliphatic rings. The van der Waals surface area contributed by atoms with E-state index < -0.39 is 0 Å². The summed E-state index contributed by atoms with van der Waals surface area (Å²) in [5.74, 6) is 0. The molecule has 0 nitrogen and oxygen atoms in total. The van der Waals surface area contributed by atoms with Crippen LogP contribution in [-0.2, 0) is 6.42 Å². The second-order valence-corrected chi connectivity index (χ2v) is 4.95. The summed E-state index contributed by atoms with van der Waals surface area (Å²) in [4.78, 5) is 0. The smallest absolute Gasteiger partial charge is 0.0356 e. The largest absolute Gasteiger partial charge is 0.144 e. The lowest BCUT2D eigenvalue weighted by atomic mass is 10.0. The molecule has 0 amide bonds. The van der Waals surface area contributed by atoms with Gasteiger partial charge in [0.25, 0.3) is 0 Å². The van der Waals surface area contributed by atoms with E-state index in [9.17, 15) is 0 Å². The topological polar surface area (TPSA) is 0 Å². The Balaban J connectivity index is 2.87. The van der Waals surface area contributed by atoms with Gasteiger partial charge in [0.2, 0.25) is 0 Å². The fourth-order valence-electron chi connectivity index (χ4n) is 1.71. The number of halogens is 1. The van der Waals surface area contributed by atoms with Crippen LogP contribution in [0.4, 0.5) is 0 Å². The van der Waals surface area contributed by atoms with E-state index in [0.29, 0.717) is 0 Å². The summed E-state index contributed by atoms with van der Waals surface area (Å²) in [7, 11) is 0. The summed E-state index contributed by atoms with van der Waals surface area (Å²) < 4.78 is 2.62. The minimum absolute atomic E-state index is 1.11. The predicted molar refractivity (Wildman–Crippen MR) is 63.6 cm³/mol. The van der Waals surface area contributed by atoms with Crippen molar-refractivity contribution < 1.29 is 0 Å². The molecular weight excluding hydrogens is 244 g/mol. The average Bonchev–Trinajstić information content (AvgIpc) is 2.54. The van der Waals surface area contributed by atoms with Gasteiger partial charge in [-0.2, -0.15) is 0 Å². The van der Waals surface area contributed by atoms with Crippen molar-refractivity contribution in [3.05, 3.63) is 33.1 Å². The SMILES string of the molecule is CCc1c(C)c(Br)cc2sccc12. The molecule has 0 radical (unpaired) electrons. The molecule has 68 valence electrons. The summed E-state index contributed by atoms with van der Waals surface area (Å²) in [5.41, 5.74) is 2.86. The Morgan fingerprint density at radius 3 is 2.92 bits per heavy atom. The molecule has 0 aliphatic heterocycles. The highest BCUT2D eigenvalue weighted by atomic mass is 79.9. The molecule has 0 saturated heterocycles. The summed E-state index contributed by atoms with van der Waals surface area (Å²) in [6, 6.07) is 4.44. The Bertz CT molecular complexity index is 443. The van der Waals surface area contributed by atoms with Gasteiger partial charge in [-0.25, -0.2) is 0 Å². The highest BCUT2D eigenvalue weighted by Gasteiger charge is 2.07. The summed E-state index contributed by atoms with van der Waals surface area (Å²) >= 11 is 5.41. The summed E-state index contributed by atoms with van der Waals surface area (Å²) in [6.07, 6.45) is 1.11. The lowest BCUT2D eigenvalue weighted by Crippen LogP contribution is -1.88. The molecule has 1 aromatic heterocycles. The Hall–Kier alpha value is -0.340. The number of hydrogen-bond acceptors (Lipinski definition) is 1. The molecule has 0 unspecified atom stereocenters. The first kappa shape index (κ1) is 9.22. The standard InChI is InChI=1S/C11H11BrS/c1-3-8-7(2)10(12)6-11-9(8)4-5-13-11/h4-6H,3H2,1-2H3. The number of aryl methyl sites for hydroxylation is 1. The van der Waals surface area contributed by atoms with Crippen LogP contribution < -0.4 is 0 Å². The van der Waals surface area contributed by atoms with E-state index in [1.54, 1.807) is 0 Å². The molecule has 0 spiro atoms. The van der Waals surface area contributed by atoms with Gasteiger partial charge in [0.1, 0.15) is 0 Å². The van der Waals surface area contributed by atoms with E-state index in [2.05, 4.69) is 47.3 Å². The van der Waals surface area contributed by atoms with Crippen LogP contribution in [0.2, 0.25) is 0 Å². The van der Waals surface area contributed by atoms with Crippen molar-refractivity contribution in [2.24, 2.45) is 0 Å². The third-order valence-electron chi connectivity index (χ3n) is 2.44. The van der Waals surface area contributed by atoms with Gasteiger partial charge in [0, 0.05) is 9.17 Å². The first-order valence-corrected chi connectivity index (χ1v) is 6.06. The second kappa shape index (κ2) is 3.43. The number of fused-ring (bicyclic) bond motifs is 1. The molecule has 0 saturated carbocycles. The zero-order valence-corrected chi connectivity index (χ0v) is 10.1. The molecule has 1 aromatic carbocycles. The quantitative estimate of drug-likeness (QED) is 0.702. The van der Waals surface area contributed by atoms with Crippen LogP contribution in [0.3, 0.4) is 0 Å². The van der Waals surface area contributed by atoms with Crippen molar-refractivity contribution in [3.63, 3.8) is 0 Å². The van der Waals surface area contributed by atoms with Gasteiger partial charge in [-0.15, -0.1) is 11.3 Å². The van der Waals surface area contributed by atoms with E-state index in [1.165, 1.54) is 25.7 Å². The maximum absolute atomic E-state index is 3.60. The van der Waals surface area contributed by atoms with Crippen molar-refractivity contribution in [2.75, 3.05) is 0 Å². The third kappa shape index (κ3) is 1.42. The maximum atomic E-state index is 3.60. The molecular formula is C11H11BrS. The lowest BCUT2D eigenvalue weighted by Gasteiger charge is -2.07. The van der Waals surface area contributed by atoms with Crippen molar-refractivity contribution >= 4 is 37.4 Å². The molecule has 0 fully saturated rings. The molecule has 1 heterocycles. The number of rotatable bonds is 1. The van der Waals surface area contributed by atoms with E-state index in [-0.39, 0.29) is 0 Å². The lowest BCUT2D eigenvalue weighted by molar-refractivity contribution is 1.13. The van der Waals surface area contributed by atoms with Gasteiger partial charge in [-0.1, -0.05) is 22.9 Å². The molecule has 0 aliphatic carbocycles. The zero-order chi connectivity index (χ0) is 9.42. The third-order valence-corrected chi connectivity index (χ3v) is 4.13. The van der Waals surface area contributed by atoms with Gasteiger partial charge in [-0.05, 0) is 47.4 Å². The van der Waals surface area contributed by atoms with Gasteiger partial charge in [0.15, 0.2) is 0 Å². The Labute approximate surface area is 90.7 Å². The average molecular weight is 255 g/mol. The monoisotopic (exact) mass is 254 g/mol. The van der Waals surface area contributed by atoms with E-state index in [1.807, 2.05) is 11.3 Å². The van der Waals surface area contributed by atoms with Crippen molar-refractivity contribution in [2.45, 2.75) is 20.3 Å². The Morgan fingerprint density at radius 2 is 2.23 bits per heavy atom. The van der Waals surface area contributed by atoms with E-state index >= 15 is 0 Å². The molecule has 0 N–H and O–H groups in total. The van der Waals surface area contributed by atoms with Crippen molar-refractivity contribution in [1.29, 1.82) is 0 Å². The molecule has 2 aromatic rings. The fourth-order valence-corrected chi connectivity index (χ4v) is 3.18. The number of benzene rings is 1. The molecule has 2 heteroatoms. The van der Waals surface area contributed by atoms with E-state index in [0.717, 1.165) is 6.42 Å². The van der Waals surface area contributed by atoms with E-state index in [4.69, 9.17) is 0 Å². The normalized spacial score (nSPS) is 11.0. The van der Waals surface area contributed by atoms with Crippen molar-refractivity contribution in [1.82, 2.24) is 0 Å². The number of thiophene rings is 1. The first-order chi connectivity index (χ1) is 6.24. The summed E-state index contributed by atoms with van der Waals surface area (Å²) in [6.45, 7) is 4.39. The number of hydrogen-bond donors (Lipinski definition) is 0. The van der Waals surface area contributed by atoms with Gasteiger partial charge >= 0.3 is 0 Å². The highest BCUT2D eigenvalue weighted by molar-refractivity contribution is 9.10. The van der Waals surface area contributed by atoms with Crippen LogP contribution in [-0.4, -0.2) is 0 Å². The zero-order valence-electron chi connectivity index (χ0n) is 7.73.